The van der Waals surface area contributed by atoms with Gasteiger partial charge in [0.25, 0.3) is 0 Å². The number of carbonyl (C=O) groups excluding carboxylic acids is 2. The van der Waals surface area contributed by atoms with E-state index in [2.05, 4.69) is 15.5 Å². The molecule has 1 heterocycles. The molecule has 0 aliphatic carbocycles. The molecule has 0 saturated heterocycles. The van der Waals surface area contributed by atoms with Crippen LogP contribution in [0.15, 0.2) is 28.3 Å². The molecule has 6 nitrogen and oxygen atoms in total. The van der Waals surface area contributed by atoms with E-state index in [9.17, 15) is 9.59 Å². The van der Waals surface area contributed by atoms with E-state index in [1.807, 2.05) is 6.92 Å². The molecule has 98 valence electrons. The molecule has 1 amide bonds. The largest absolute Gasteiger partial charge is 0.494 e. The highest BCUT2D eigenvalue weighted by Crippen LogP contribution is 2.27. The first-order valence-corrected chi connectivity index (χ1v) is 5.95. The first-order chi connectivity index (χ1) is 9.24. The lowest BCUT2D eigenvalue weighted by Gasteiger charge is -2.14. The van der Waals surface area contributed by atoms with Crippen LogP contribution in [0.3, 0.4) is 0 Å². The number of hydrazone groups is 1. The Balaban J connectivity index is 2.39. The van der Waals surface area contributed by atoms with Gasteiger partial charge in [0.2, 0.25) is 12.0 Å². The summed E-state index contributed by atoms with van der Waals surface area (Å²) in [6.45, 7) is 2.40. The highest BCUT2D eigenvalue weighted by Gasteiger charge is 2.16. The van der Waals surface area contributed by atoms with Crippen molar-refractivity contribution in [1.29, 1.82) is 0 Å². The van der Waals surface area contributed by atoms with Gasteiger partial charge in [-0.1, -0.05) is 0 Å². The average Bonchev–Trinajstić information content (AvgIpc) is 2.41. The number of nitrogens with one attached hydrogen (secondary N) is 1. The molecule has 0 atom stereocenters. The zero-order valence-electron chi connectivity index (χ0n) is 10.5. The van der Waals surface area contributed by atoms with Gasteiger partial charge in [0.1, 0.15) is 5.75 Å². The number of ether oxygens (including phenoxy) is 1. The van der Waals surface area contributed by atoms with Crippen LogP contribution in [0, 0.1) is 0 Å². The summed E-state index contributed by atoms with van der Waals surface area (Å²) >= 11 is 0. The van der Waals surface area contributed by atoms with Crippen LogP contribution in [0.25, 0.3) is 0 Å². The minimum absolute atomic E-state index is 0.116. The summed E-state index contributed by atoms with van der Waals surface area (Å²) in [4.78, 5) is 25.2. The summed E-state index contributed by atoms with van der Waals surface area (Å²) in [7, 11) is 0. The molecule has 0 fully saturated rings. The second kappa shape index (κ2) is 5.93. The summed E-state index contributed by atoms with van der Waals surface area (Å²) in [6.07, 6.45) is 2.41. The fourth-order valence-electron chi connectivity index (χ4n) is 1.82. The predicted octanol–water partition coefficient (Wildman–Crippen LogP) is 1.67. The molecule has 0 unspecified atom stereocenters. The Morgan fingerprint density at radius 3 is 2.95 bits per heavy atom. The van der Waals surface area contributed by atoms with Gasteiger partial charge < -0.3 is 4.74 Å². The number of hydrogen-bond donors (Lipinski definition) is 1. The number of aliphatic imine (C=N–C) groups is 1. The Morgan fingerprint density at radius 2 is 2.32 bits per heavy atom. The quantitative estimate of drug-likeness (QED) is 0.659. The third kappa shape index (κ3) is 3.05. The Bertz CT molecular complexity index is 574. The molecule has 1 aromatic carbocycles. The monoisotopic (exact) mass is 259 g/mol. The van der Waals surface area contributed by atoms with Crippen molar-refractivity contribution in [2.45, 2.75) is 19.8 Å². The normalized spacial score (nSPS) is 14.2. The predicted molar refractivity (Wildman–Crippen MR) is 69.3 cm³/mol. The number of nitrogens with zero attached hydrogens (tertiary/aromatic N) is 2. The summed E-state index contributed by atoms with van der Waals surface area (Å²) in [5.41, 5.74) is 4.25. The van der Waals surface area contributed by atoms with Crippen molar-refractivity contribution in [3.8, 4) is 5.75 Å². The molecule has 1 aliphatic rings. The summed E-state index contributed by atoms with van der Waals surface area (Å²) in [5.74, 6) is 0.510. The molecule has 1 aromatic rings. The number of benzene rings is 1. The van der Waals surface area contributed by atoms with Gasteiger partial charge in [-0.2, -0.15) is 10.1 Å². The van der Waals surface area contributed by atoms with Crippen LogP contribution in [0.1, 0.15) is 25.3 Å². The topological polar surface area (TPSA) is 80.1 Å². The number of isocyanates is 1. The van der Waals surface area contributed by atoms with Crippen LogP contribution in [0.2, 0.25) is 0 Å². The average molecular weight is 259 g/mol. The van der Waals surface area contributed by atoms with Gasteiger partial charge in [0, 0.05) is 24.5 Å². The minimum Gasteiger partial charge on any atom is -0.494 e. The lowest BCUT2D eigenvalue weighted by Crippen LogP contribution is -2.25. The first kappa shape index (κ1) is 13.0. The van der Waals surface area contributed by atoms with Gasteiger partial charge in [-0.15, -0.1) is 0 Å². The summed E-state index contributed by atoms with van der Waals surface area (Å²) in [6, 6.07) is 5.21. The second-order valence-corrected chi connectivity index (χ2v) is 3.91. The molecule has 1 N–H and O–H groups in total. The second-order valence-electron chi connectivity index (χ2n) is 3.91. The standard InChI is InChI=1S/C13H13N3O3/c1-2-19-9-3-4-10(12(7-9)14-8-17)11-5-6-13(18)16-15-11/h3-4,7H,2,5-6H2,1H3,(H,16,18). The molecule has 0 aromatic heterocycles. The van der Waals surface area contributed by atoms with Crippen molar-refractivity contribution in [2.24, 2.45) is 10.1 Å². The van der Waals surface area contributed by atoms with E-state index in [1.165, 1.54) is 6.08 Å². The molecule has 0 spiro atoms. The number of rotatable bonds is 4. The van der Waals surface area contributed by atoms with Crippen LogP contribution in [0.5, 0.6) is 5.75 Å². The third-order valence-corrected chi connectivity index (χ3v) is 2.66. The molecule has 0 bridgehead atoms. The Kier molecular flexibility index (Phi) is 4.05. The van der Waals surface area contributed by atoms with Gasteiger partial charge in [0.15, 0.2) is 0 Å². The maximum Gasteiger partial charge on any atom is 0.240 e. The minimum atomic E-state index is -0.116. The Hall–Kier alpha value is -2.46. The number of amides is 1. The van der Waals surface area contributed by atoms with Gasteiger partial charge in [-0.05, 0) is 19.1 Å². The van der Waals surface area contributed by atoms with Crippen molar-refractivity contribution < 1.29 is 14.3 Å². The fraction of sp³-hybridized carbons (Fsp3) is 0.308. The highest BCUT2D eigenvalue weighted by molar-refractivity contribution is 6.07. The van der Waals surface area contributed by atoms with Crippen molar-refractivity contribution >= 4 is 23.4 Å². The lowest BCUT2D eigenvalue weighted by molar-refractivity contribution is -0.121. The van der Waals surface area contributed by atoms with Crippen LogP contribution in [-0.4, -0.2) is 24.3 Å². The maximum absolute atomic E-state index is 11.1. The zero-order valence-corrected chi connectivity index (χ0v) is 10.5. The third-order valence-electron chi connectivity index (χ3n) is 2.66. The molecule has 0 saturated carbocycles. The van der Waals surface area contributed by atoms with E-state index in [1.54, 1.807) is 18.2 Å². The van der Waals surface area contributed by atoms with Gasteiger partial charge >= 0.3 is 0 Å². The molecule has 19 heavy (non-hydrogen) atoms. The highest BCUT2D eigenvalue weighted by atomic mass is 16.5. The van der Waals surface area contributed by atoms with Crippen molar-refractivity contribution in [1.82, 2.24) is 5.43 Å². The summed E-state index contributed by atoms with van der Waals surface area (Å²) in [5, 5.41) is 3.99. The zero-order chi connectivity index (χ0) is 13.7. The SMILES string of the molecule is CCOc1ccc(C2=NNC(=O)CC2)c(N=C=O)c1. The van der Waals surface area contributed by atoms with Crippen molar-refractivity contribution in [2.75, 3.05) is 6.61 Å². The lowest BCUT2D eigenvalue weighted by atomic mass is 10.0. The molecule has 0 radical (unpaired) electrons. The molecular formula is C13H13N3O3. The maximum atomic E-state index is 11.1. The van der Waals surface area contributed by atoms with E-state index >= 15 is 0 Å². The first-order valence-electron chi connectivity index (χ1n) is 5.95. The van der Waals surface area contributed by atoms with Gasteiger partial charge in [-0.25, -0.2) is 10.2 Å². The van der Waals surface area contributed by atoms with Crippen molar-refractivity contribution in [3.63, 3.8) is 0 Å². The van der Waals surface area contributed by atoms with E-state index in [4.69, 9.17) is 4.74 Å². The molecular weight excluding hydrogens is 246 g/mol. The Morgan fingerprint density at radius 1 is 1.47 bits per heavy atom. The van der Waals surface area contributed by atoms with Gasteiger partial charge in [0.05, 0.1) is 18.0 Å². The summed E-state index contributed by atoms with van der Waals surface area (Å²) < 4.78 is 5.35. The van der Waals surface area contributed by atoms with Crippen molar-refractivity contribution in [3.05, 3.63) is 23.8 Å². The van der Waals surface area contributed by atoms with Gasteiger partial charge in [-0.3, -0.25) is 4.79 Å². The number of carbonyl (C=O) groups is 1. The molecule has 2 rings (SSSR count). The smallest absolute Gasteiger partial charge is 0.240 e. The van der Waals surface area contributed by atoms with E-state index in [0.29, 0.717) is 42.2 Å². The van der Waals surface area contributed by atoms with Crippen LogP contribution in [0.4, 0.5) is 5.69 Å². The molecule has 6 heteroatoms. The van der Waals surface area contributed by atoms with Crippen LogP contribution >= 0.6 is 0 Å². The fourth-order valence-corrected chi connectivity index (χ4v) is 1.82. The van der Waals surface area contributed by atoms with Crippen LogP contribution < -0.4 is 10.2 Å². The number of hydrogen-bond acceptors (Lipinski definition) is 5. The van der Waals surface area contributed by atoms with E-state index in [-0.39, 0.29) is 5.91 Å². The van der Waals surface area contributed by atoms with E-state index in [0.717, 1.165) is 0 Å². The molecule has 1 aliphatic heterocycles. The van der Waals surface area contributed by atoms with E-state index < -0.39 is 0 Å². The van der Waals surface area contributed by atoms with Crippen LogP contribution in [-0.2, 0) is 9.59 Å². The Labute approximate surface area is 110 Å².